The molecule has 86 valence electrons. The van der Waals surface area contributed by atoms with Gasteiger partial charge in [0.1, 0.15) is 10.8 Å². The summed E-state index contributed by atoms with van der Waals surface area (Å²) in [7, 11) is 0. The summed E-state index contributed by atoms with van der Waals surface area (Å²) in [6, 6.07) is 5.97. The van der Waals surface area contributed by atoms with Gasteiger partial charge in [-0.25, -0.2) is 4.98 Å². The normalized spacial score (nSPS) is 14.2. The summed E-state index contributed by atoms with van der Waals surface area (Å²) >= 11 is 1.53. The summed E-state index contributed by atoms with van der Waals surface area (Å²) < 4.78 is 0. The van der Waals surface area contributed by atoms with E-state index in [9.17, 15) is 4.79 Å². The predicted octanol–water partition coefficient (Wildman–Crippen LogP) is 2.28. The van der Waals surface area contributed by atoms with Crippen molar-refractivity contribution in [1.29, 1.82) is 0 Å². The maximum Gasteiger partial charge on any atom is 0.224 e. The minimum atomic E-state index is 0.0868. The van der Waals surface area contributed by atoms with Crippen LogP contribution in [-0.4, -0.2) is 10.9 Å². The fourth-order valence-electron chi connectivity index (χ4n) is 1.94. The third-order valence-corrected chi connectivity index (χ3v) is 3.68. The van der Waals surface area contributed by atoms with Crippen LogP contribution >= 0.6 is 11.3 Å². The van der Waals surface area contributed by atoms with Gasteiger partial charge in [-0.15, -0.1) is 11.3 Å². The molecule has 1 aliphatic heterocycles. The third-order valence-electron chi connectivity index (χ3n) is 2.77. The van der Waals surface area contributed by atoms with Gasteiger partial charge in [0.15, 0.2) is 0 Å². The molecule has 0 unspecified atom stereocenters. The summed E-state index contributed by atoms with van der Waals surface area (Å²) in [6.07, 6.45) is 1.34. The van der Waals surface area contributed by atoms with Crippen molar-refractivity contribution < 1.29 is 4.79 Å². The highest BCUT2D eigenvalue weighted by atomic mass is 32.1. The van der Waals surface area contributed by atoms with Gasteiger partial charge in [0.05, 0.1) is 0 Å². The number of carbonyl (C=O) groups is 1. The zero-order valence-corrected chi connectivity index (χ0v) is 9.88. The number of aromatic nitrogens is 1. The van der Waals surface area contributed by atoms with E-state index < -0.39 is 0 Å². The second-order valence-electron chi connectivity index (χ2n) is 4.00. The number of nitrogens with one attached hydrogen (secondary N) is 1. The first-order chi connectivity index (χ1) is 8.22. The van der Waals surface area contributed by atoms with Crippen molar-refractivity contribution in [3.63, 3.8) is 0 Å². The topological polar surface area (TPSA) is 68.0 Å². The Morgan fingerprint density at radius 3 is 3.00 bits per heavy atom. The number of rotatable bonds is 1. The number of hydrogen-bond acceptors (Lipinski definition) is 4. The molecule has 0 aliphatic carbocycles. The Bertz CT molecular complexity index is 591. The molecule has 0 atom stereocenters. The van der Waals surface area contributed by atoms with Crippen molar-refractivity contribution in [2.24, 2.45) is 0 Å². The van der Waals surface area contributed by atoms with E-state index in [0.717, 1.165) is 28.2 Å². The Balaban J connectivity index is 2.01. The first-order valence-corrected chi connectivity index (χ1v) is 6.24. The number of anilines is 2. The van der Waals surface area contributed by atoms with Crippen LogP contribution in [0.3, 0.4) is 0 Å². The van der Waals surface area contributed by atoms with E-state index in [-0.39, 0.29) is 5.91 Å². The third kappa shape index (κ3) is 1.89. The summed E-state index contributed by atoms with van der Waals surface area (Å²) in [5, 5.41) is 5.61. The predicted molar refractivity (Wildman–Crippen MR) is 68.9 cm³/mol. The molecule has 0 fully saturated rings. The van der Waals surface area contributed by atoms with Gasteiger partial charge in [-0.2, -0.15) is 0 Å². The average molecular weight is 245 g/mol. The molecular formula is C12H11N3OS. The van der Waals surface area contributed by atoms with Crippen LogP contribution in [-0.2, 0) is 11.2 Å². The summed E-state index contributed by atoms with van der Waals surface area (Å²) in [6.45, 7) is 0. The Labute approximate surface area is 102 Å². The van der Waals surface area contributed by atoms with Crippen LogP contribution < -0.4 is 11.1 Å². The number of nitrogens with two attached hydrogens (primary N) is 1. The lowest BCUT2D eigenvalue weighted by Crippen LogP contribution is -2.18. The van der Waals surface area contributed by atoms with Gasteiger partial charge in [0.25, 0.3) is 0 Å². The van der Waals surface area contributed by atoms with Crippen LogP contribution in [0.25, 0.3) is 10.6 Å². The molecule has 0 saturated carbocycles. The van der Waals surface area contributed by atoms with E-state index in [2.05, 4.69) is 16.4 Å². The van der Waals surface area contributed by atoms with Crippen molar-refractivity contribution >= 4 is 28.7 Å². The molecule has 1 aliphatic rings. The van der Waals surface area contributed by atoms with Gasteiger partial charge < -0.3 is 11.1 Å². The van der Waals surface area contributed by atoms with E-state index in [4.69, 9.17) is 5.73 Å². The first-order valence-electron chi connectivity index (χ1n) is 5.36. The minimum Gasteiger partial charge on any atom is -0.383 e. The van der Waals surface area contributed by atoms with Crippen LogP contribution in [0.2, 0.25) is 0 Å². The fraction of sp³-hybridized carbons (Fsp3) is 0.167. The molecule has 0 spiro atoms. The van der Waals surface area contributed by atoms with Gasteiger partial charge >= 0.3 is 0 Å². The van der Waals surface area contributed by atoms with E-state index in [1.54, 1.807) is 0 Å². The van der Waals surface area contributed by atoms with Gasteiger partial charge in [-0.3, -0.25) is 4.79 Å². The highest BCUT2D eigenvalue weighted by Gasteiger charge is 2.15. The molecule has 3 rings (SSSR count). The van der Waals surface area contributed by atoms with Crippen molar-refractivity contribution in [1.82, 2.24) is 4.98 Å². The van der Waals surface area contributed by atoms with E-state index in [1.165, 1.54) is 11.3 Å². The number of aryl methyl sites for hydroxylation is 1. The molecule has 1 amide bonds. The number of thiazole rings is 1. The molecular weight excluding hydrogens is 234 g/mol. The van der Waals surface area contributed by atoms with E-state index in [1.807, 2.05) is 17.5 Å². The monoisotopic (exact) mass is 245 g/mol. The van der Waals surface area contributed by atoms with Crippen LogP contribution in [0.4, 0.5) is 11.5 Å². The minimum absolute atomic E-state index is 0.0868. The number of fused-ring (bicyclic) bond motifs is 1. The Morgan fingerprint density at radius 2 is 2.24 bits per heavy atom. The second-order valence-corrected chi connectivity index (χ2v) is 4.86. The lowest BCUT2D eigenvalue weighted by Gasteiger charge is -2.17. The molecule has 2 heterocycles. The zero-order chi connectivity index (χ0) is 11.8. The standard InChI is InChI=1S/C12H11N3OS/c13-10-6-17-12(15-10)8-1-3-9-7(5-8)2-4-11(16)14-9/h1,3,5-6H,2,4,13H2,(H,14,16). The Kier molecular flexibility index (Phi) is 2.33. The number of nitrogens with zero attached hydrogens (tertiary/aromatic N) is 1. The smallest absolute Gasteiger partial charge is 0.224 e. The molecule has 2 aromatic rings. The van der Waals surface area contributed by atoms with Crippen LogP contribution in [0, 0.1) is 0 Å². The number of carbonyl (C=O) groups excluding carboxylic acids is 1. The largest absolute Gasteiger partial charge is 0.383 e. The van der Waals surface area contributed by atoms with E-state index in [0.29, 0.717) is 12.2 Å². The highest BCUT2D eigenvalue weighted by Crippen LogP contribution is 2.30. The molecule has 5 heteroatoms. The number of benzene rings is 1. The maximum atomic E-state index is 11.2. The average Bonchev–Trinajstić information content (AvgIpc) is 2.75. The van der Waals surface area contributed by atoms with Crippen LogP contribution in [0.1, 0.15) is 12.0 Å². The van der Waals surface area contributed by atoms with Crippen molar-refractivity contribution in [2.75, 3.05) is 11.1 Å². The highest BCUT2D eigenvalue weighted by molar-refractivity contribution is 7.13. The molecule has 17 heavy (non-hydrogen) atoms. The number of amides is 1. The van der Waals surface area contributed by atoms with Gasteiger partial charge in [0, 0.05) is 23.1 Å². The quantitative estimate of drug-likeness (QED) is 0.809. The lowest BCUT2D eigenvalue weighted by atomic mass is 10.0. The van der Waals surface area contributed by atoms with Crippen molar-refractivity contribution in [3.8, 4) is 10.6 Å². The lowest BCUT2D eigenvalue weighted by molar-refractivity contribution is -0.116. The molecule has 4 nitrogen and oxygen atoms in total. The zero-order valence-electron chi connectivity index (χ0n) is 9.06. The molecule has 0 bridgehead atoms. The number of nitrogen functional groups attached to an aromatic ring is 1. The van der Waals surface area contributed by atoms with Gasteiger partial charge in [-0.05, 0) is 30.2 Å². The van der Waals surface area contributed by atoms with Crippen molar-refractivity contribution in [3.05, 3.63) is 29.1 Å². The number of hydrogen-bond donors (Lipinski definition) is 2. The molecule has 0 radical (unpaired) electrons. The maximum absolute atomic E-state index is 11.2. The van der Waals surface area contributed by atoms with Gasteiger partial charge in [-0.1, -0.05) is 0 Å². The van der Waals surface area contributed by atoms with E-state index >= 15 is 0 Å². The summed E-state index contributed by atoms with van der Waals surface area (Å²) in [4.78, 5) is 15.5. The first kappa shape index (κ1) is 10.3. The second kappa shape index (κ2) is 3.85. The Hall–Kier alpha value is -1.88. The molecule has 3 N–H and O–H groups in total. The summed E-state index contributed by atoms with van der Waals surface area (Å²) in [5.41, 5.74) is 8.75. The van der Waals surface area contributed by atoms with Crippen molar-refractivity contribution in [2.45, 2.75) is 12.8 Å². The van der Waals surface area contributed by atoms with Gasteiger partial charge in [0.2, 0.25) is 5.91 Å². The molecule has 0 saturated heterocycles. The fourth-order valence-corrected chi connectivity index (χ4v) is 2.64. The molecule has 1 aromatic heterocycles. The van der Waals surface area contributed by atoms with Crippen LogP contribution in [0.15, 0.2) is 23.6 Å². The molecule has 1 aromatic carbocycles. The summed E-state index contributed by atoms with van der Waals surface area (Å²) in [5.74, 6) is 0.639. The van der Waals surface area contributed by atoms with Crippen LogP contribution in [0.5, 0.6) is 0 Å². The Morgan fingerprint density at radius 1 is 1.35 bits per heavy atom. The SMILES string of the molecule is Nc1csc(-c2ccc3c(c2)CCC(=O)N3)n1.